The molecule has 0 bridgehead atoms. The molecule has 0 saturated carbocycles. The number of fused-ring (bicyclic) bond motifs is 7. The summed E-state index contributed by atoms with van der Waals surface area (Å²) in [7, 11) is 0. The smallest absolute Gasteiger partial charge is 0.136 e. The van der Waals surface area contributed by atoms with Crippen LogP contribution in [0.25, 0.3) is 127 Å². The highest BCUT2D eigenvalue weighted by atomic mass is 32.1. The van der Waals surface area contributed by atoms with Crippen LogP contribution in [0.2, 0.25) is 0 Å². The van der Waals surface area contributed by atoms with Crippen molar-refractivity contribution in [3.05, 3.63) is 279 Å². The molecule has 5 nitrogen and oxygen atoms in total. The molecule has 366 valence electrons. The molecule has 6 heteroatoms. The zero-order chi connectivity index (χ0) is 51.5. The second-order valence-electron chi connectivity index (χ2n) is 19.8. The van der Waals surface area contributed by atoms with Crippen molar-refractivity contribution >= 4 is 83.6 Å². The first-order valence-electron chi connectivity index (χ1n) is 26.3. The molecule has 0 N–H and O–H groups in total. The zero-order valence-corrected chi connectivity index (χ0v) is 43.0. The summed E-state index contributed by atoms with van der Waals surface area (Å²) < 4.78 is 18.6. The minimum absolute atomic E-state index is 0.850. The highest BCUT2D eigenvalue weighted by molar-refractivity contribution is 7.00. The Morgan fingerprint density at radius 1 is 0.321 bits per heavy atom. The van der Waals surface area contributed by atoms with Crippen LogP contribution in [-0.2, 0) is 0 Å². The molecule has 15 aromatic rings. The first-order chi connectivity index (χ1) is 38.7. The molecule has 78 heavy (non-hydrogen) atoms. The van der Waals surface area contributed by atoms with Gasteiger partial charge in [0.2, 0.25) is 0 Å². The number of hydrogen-bond acceptors (Lipinski definition) is 5. The fourth-order valence-electron chi connectivity index (χ4n) is 11.5. The molecule has 3 heterocycles. The van der Waals surface area contributed by atoms with E-state index in [1.165, 1.54) is 67.0 Å². The van der Waals surface area contributed by atoms with Crippen molar-refractivity contribution in [2.45, 2.75) is 0 Å². The monoisotopic (exact) mass is 1010 g/mol. The minimum Gasteiger partial charge on any atom is -0.456 e. The molecule has 0 radical (unpaired) electrons. The van der Waals surface area contributed by atoms with Gasteiger partial charge in [-0.2, -0.15) is 8.75 Å². The Kier molecular flexibility index (Phi) is 11.0. The lowest BCUT2D eigenvalue weighted by Gasteiger charge is -2.26. The van der Waals surface area contributed by atoms with Crippen LogP contribution < -0.4 is 4.90 Å². The fraction of sp³-hybridized carbons (Fsp3) is 0. The van der Waals surface area contributed by atoms with E-state index >= 15 is 0 Å². The van der Waals surface area contributed by atoms with E-state index < -0.39 is 0 Å². The van der Waals surface area contributed by atoms with E-state index in [1.807, 2.05) is 18.2 Å². The predicted molar refractivity (Wildman–Crippen MR) is 326 cm³/mol. The normalized spacial score (nSPS) is 11.6. The summed E-state index contributed by atoms with van der Waals surface area (Å²) in [6.45, 7) is 0. The van der Waals surface area contributed by atoms with E-state index in [2.05, 4.69) is 270 Å². The largest absolute Gasteiger partial charge is 0.456 e. The Balaban J connectivity index is 0.795. The second-order valence-corrected chi connectivity index (χ2v) is 20.3. The molecule has 0 atom stereocenters. The summed E-state index contributed by atoms with van der Waals surface area (Å²) in [5.74, 6) is 0. The number of hydrogen-bond donors (Lipinski definition) is 0. The van der Waals surface area contributed by atoms with Gasteiger partial charge in [0.15, 0.2) is 0 Å². The number of aromatic nitrogens is 3. The van der Waals surface area contributed by atoms with Crippen LogP contribution in [-0.4, -0.2) is 13.3 Å². The van der Waals surface area contributed by atoms with Crippen molar-refractivity contribution < 1.29 is 4.42 Å². The summed E-state index contributed by atoms with van der Waals surface area (Å²) in [6, 6.07) is 100. The molecule has 0 spiro atoms. The molecule has 0 amide bonds. The molecule has 0 unspecified atom stereocenters. The zero-order valence-electron chi connectivity index (χ0n) is 42.2. The molecule has 0 saturated heterocycles. The van der Waals surface area contributed by atoms with Crippen LogP contribution in [0.3, 0.4) is 0 Å². The van der Waals surface area contributed by atoms with Gasteiger partial charge in [-0.25, -0.2) is 0 Å². The minimum atomic E-state index is 0.850. The van der Waals surface area contributed by atoms with Crippen molar-refractivity contribution in [1.82, 2.24) is 13.3 Å². The SMILES string of the molecule is c1ccc(-c2ccc(-c3ccc4c(c3)c3cc(-c5ccc(-c6ccccc6)cc5)ccc3n4-c3ccc(-c4ccc(N(c5ccccc5)c5ccc(-c6cccc7oc8ccccc8c67)cc5)c5nsnc45)cc3)cc2)cc1. The second kappa shape index (κ2) is 18.9. The Hall–Kier alpha value is -10.1. The van der Waals surface area contributed by atoms with Gasteiger partial charge < -0.3 is 13.9 Å². The number of anilines is 3. The van der Waals surface area contributed by atoms with Crippen LogP contribution in [0.1, 0.15) is 0 Å². The quantitative estimate of drug-likeness (QED) is 0.137. The number of para-hydroxylation sites is 2. The molecular formula is C72H46N4OS. The lowest BCUT2D eigenvalue weighted by atomic mass is 9.97. The van der Waals surface area contributed by atoms with Gasteiger partial charge in [-0.1, -0.05) is 194 Å². The van der Waals surface area contributed by atoms with Gasteiger partial charge in [0, 0.05) is 44.2 Å². The van der Waals surface area contributed by atoms with E-state index in [1.54, 1.807) is 0 Å². The molecule has 0 aliphatic heterocycles. The van der Waals surface area contributed by atoms with Crippen LogP contribution in [0, 0.1) is 0 Å². The van der Waals surface area contributed by atoms with Gasteiger partial charge in [0.1, 0.15) is 22.2 Å². The third kappa shape index (κ3) is 7.85. The van der Waals surface area contributed by atoms with E-state index in [4.69, 9.17) is 13.2 Å². The Morgan fingerprint density at radius 2 is 0.782 bits per heavy atom. The molecule has 3 aromatic heterocycles. The van der Waals surface area contributed by atoms with Crippen molar-refractivity contribution in [1.29, 1.82) is 0 Å². The average Bonchev–Trinajstić information content (AvgIpc) is 4.43. The van der Waals surface area contributed by atoms with Crippen LogP contribution in [0.15, 0.2) is 283 Å². The van der Waals surface area contributed by atoms with Gasteiger partial charge in [-0.15, -0.1) is 0 Å². The van der Waals surface area contributed by atoms with E-state index in [0.717, 1.165) is 89.0 Å². The highest BCUT2D eigenvalue weighted by Gasteiger charge is 2.22. The fourth-order valence-corrected chi connectivity index (χ4v) is 12.1. The summed E-state index contributed by atoms with van der Waals surface area (Å²) in [6.07, 6.45) is 0. The Bertz CT molecular complexity index is 4540. The highest BCUT2D eigenvalue weighted by Crippen LogP contribution is 2.44. The number of furan rings is 1. The molecule has 0 aliphatic carbocycles. The maximum atomic E-state index is 6.26. The first kappa shape index (κ1) is 45.3. The van der Waals surface area contributed by atoms with Crippen LogP contribution >= 0.6 is 11.7 Å². The van der Waals surface area contributed by atoms with Gasteiger partial charge in [0.05, 0.1) is 28.4 Å². The Labute approximate surface area is 455 Å². The maximum Gasteiger partial charge on any atom is 0.136 e. The van der Waals surface area contributed by atoms with E-state index in [-0.39, 0.29) is 0 Å². The lowest BCUT2D eigenvalue weighted by molar-refractivity contribution is 0.669. The van der Waals surface area contributed by atoms with Crippen molar-refractivity contribution in [2.75, 3.05) is 4.90 Å². The maximum absolute atomic E-state index is 6.26. The summed E-state index contributed by atoms with van der Waals surface area (Å²) >= 11 is 1.25. The third-order valence-electron chi connectivity index (χ3n) is 15.3. The van der Waals surface area contributed by atoms with Gasteiger partial charge in [-0.3, -0.25) is 0 Å². The van der Waals surface area contributed by atoms with Crippen LogP contribution in [0.4, 0.5) is 17.1 Å². The van der Waals surface area contributed by atoms with Crippen molar-refractivity contribution in [3.8, 4) is 72.4 Å². The topological polar surface area (TPSA) is 47.1 Å². The number of nitrogens with zero attached hydrogens (tertiary/aromatic N) is 4. The summed E-state index contributed by atoms with van der Waals surface area (Å²) in [5.41, 5.74) is 23.8. The van der Waals surface area contributed by atoms with Crippen LogP contribution in [0.5, 0.6) is 0 Å². The van der Waals surface area contributed by atoms with Gasteiger partial charge >= 0.3 is 0 Å². The molecule has 0 aliphatic rings. The Morgan fingerprint density at radius 3 is 1.40 bits per heavy atom. The lowest BCUT2D eigenvalue weighted by Crippen LogP contribution is -2.10. The molecule has 0 fully saturated rings. The summed E-state index contributed by atoms with van der Waals surface area (Å²) in [4.78, 5) is 2.28. The number of benzene rings is 12. The van der Waals surface area contributed by atoms with E-state index in [9.17, 15) is 0 Å². The summed E-state index contributed by atoms with van der Waals surface area (Å²) in [5, 5.41) is 4.65. The standard InChI is InChI=1S/C72H46N4OS/c1-4-13-47(14-5-1)49-23-27-51(28-24-49)55-35-42-65-63(45-55)64-46-56(52-29-25-50(26-30-52)48-15-6-2-7-16-48)36-43-66(64)76(65)59-39-33-54(34-40-59)61-41-44-67(72-71(61)73-78-74-72)75(57-17-8-3-9-18-57)58-37-31-53(32-38-58)60-20-12-22-69-70(60)62-19-10-11-21-68(62)77-69/h1-46H. The van der Waals surface area contributed by atoms with Gasteiger partial charge in [-0.05, 0) is 146 Å². The predicted octanol–water partition coefficient (Wildman–Crippen LogP) is 20.2. The average molecular weight is 1020 g/mol. The van der Waals surface area contributed by atoms with E-state index in [0.29, 0.717) is 0 Å². The third-order valence-corrected chi connectivity index (χ3v) is 15.9. The van der Waals surface area contributed by atoms with Crippen molar-refractivity contribution in [3.63, 3.8) is 0 Å². The van der Waals surface area contributed by atoms with Gasteiger partial charge in [0.25, 0.3) is 0 Å². The first-order valence-corrected chi connectivity index (χ1v) is 27.0. The number of rotatable bonds is 10. The molecule has 15 rings (SSSR count). The van der Waals surface area contributed by atoms with Crippen molar-refractivity contribution in [2.24, 2.45) is 0 Å². The molecule has 12 aromatic carbocycles. The molecular weight excluding hydrogens is 969 g/mol.